The van der Waals surface area contributed by atoms with Crippen LogP contribution in [0.1, 0.15) is 31.4 Å². The van der Waals surface area contributed by atoms with Crippen LogP contribution in [0, 0.1) is 0 Å². The molecule has 0 aliphatic heterocycles. The second kappa shape index (κ2) is 5.44. The van der Waals surface area contributed by atoms with Gasteiger partial charge in [0.15, 0.2) is 0 Å². The van der Waals surface area contributed by atoms with Gasteiger partial charge in [0.25, 0.3) is 0 Å². The van der Waals surface area contributed by atoms with Crippen molar-refractivity contribution in [3.63, 3.8) is 0 Å². The fourth-order valence-electron chi connectivity index (χ4n) is 1.91. The van der Waals surface area contributed by atoms with Crippen molar-refractivity contribution in [3.8, 4) is 0 Å². The van der Waals surface area contributed by atoms with Gasteiger partial charge in [-0.2, -0.15) is 10.2 Å². The molecule has 0 radical (unpaired) electrons. The van der Waals surface area contributed by atoms with Gasteiger partial charge in [-0.3, -0.25) is 0 Å². The maximum atomic E-state index is 11.5. The largest absolute Gasteiger partial charge is 0.335 e. The third-order valence-corrected chi connectivity index (χ3v) is 2.75. The number of aromatic nitrogens is 2. The van der Waals surface area contributed by atoms with E-state index in [4.69, 9.17) is 0 Å². The van der Waals surface area contributed by atoms with Crippen LogP contribution in [0.5, 0.6) is 0 Å². The van der Waals surface area contributed by atoms with E-state index < -0.39 is 0 Å². The molecule has 5 heteroatoms. The van der Waals surface area contributed by atoms with E-state index in [2.05, 4.69) is 20.8 Å². The Kier molecular flexibility index (Phi) is 3.69. The Balaban J connectivity index is 1.71. The van der Waals surface area contributed by atoms with E-state index in [9.17, 15) is 4.79 Å². The molecular weight excluding hydrogens is 204 g/mol. The maximum absolute atomic E-state index is 11.5. The minimum Gasteiger partial charge on any atom is -0.335 e. The zero-order chi connectivity index (χ0) is 11.2. The van der Waals surface area contributed by atoms with Gasteiger partial charge in [0.1, 0.15) is 0 Å². The number of amides is 2. The molecule has 16 heavy (non-hydrogen) atoms. The summed E-state index contributed by atoms with van der Waals surface area (Å²) in [5, 5.41) is 13.4. The molecule has 0 atom stereocenters. The molecule has 2 amide bonds. The number of hydrogen-bond acceptors (Lipinski definition) is 3. The maximum Gasteiger partial charge on any atom is 0.315 e. The summed E-state index contributed by atoms with van der Waals surface area (Å²) < 4.78 is 0. The van der Waals surface area contributed by atoms with E-state index >= 15 is 0 Å². The minimum absolute atomic E-state index is 0.113. The van der Waals surface area contributed by atoms with Gasteiger partial charge in [-0.1, -0.05) is 12.8 Å². The van der Waals surface area contributed by atoms with E-state index in [-0.39, 0.29) is 6.03 Å². The fraction of sp³-hybridized carbons (Fsp3) is 0.545. The molecule has 2 N–H and O–H groups in total. The van der Waals surface area contributed by atoms with E-state index in [1.807, 2.05) is 6.07 Å². The zero-order valence-electron chi connectivity index (χ0n) is 9.15. The molecule has 0 unspecified atom stereocenters. The predicted molar refractivity (Wildman–Crippen MR) is 59.7 cm³/mol. The second-order valence-electron chi connectivity index (χ2n) is 4.02. The molecule has 0 saturated heterocycles. The molecule has 2 rings (SSSR count). The first-order chi connectivity index (χ1) is 7.84. The van der Waals surface area contributed by atoms with Crippen molar-refractivity contribution >= 4 is 6.03 Å². The quantitative estimate of drug-likeness (QED) is 0.804. The highest BCUT2D eigenvalue weighted by Gasteiger charge is 2.16. The third-order valence-electron chi connectivity index (χ3n) is 2.75. The highest BCUT2D eigenvalue weighted by molar-refractivity contribution is 5.74. The predicted octanol–water partition coefficient (Wildman–Crippen LogP) is 1.22. The van der Waals surface area contributed by atoms with Gasteiger partial charge in [-0.05, 0) is 25.0 Å². The average molecular weight is 220 g/mol. The van der Waals surface area contributed by atoms with Crippen LogP contribution in [0.3, 0.4) is 0 Å². The molecule has 1 aromatic rings. The topological polar surface area (TPSA) is 66.9 Å². The first-order valence-electron chi connectivity index (χ1n) is 5.65. The minimum atomic E-state index is -0.113. The molecule has 1 aliphatic carbocycles. The van der Waals surface area contributed by atoms with Gasteiger partial charge in [0.05, 0.1) is 12.2 Å². The smallest absolute Gasteiger partial charge is 0.315 e. The van der Waals surface area contributed by atoms with Crippen molar-refractivity contribution in [2.24, 2.45) is 0 Å². The van der Waals surface area contributed by atoms with Crippen LogP contribution in [-0.2, 0) is 6.54 Å². The molecule has 1 heterocycles. The molecule has 86 valence electrons. The summed E-state index contributed by atoms with van der Waals surface area (Å²) in [6.45, 7) is 0.423. The van der Waals surface area contributed by atoms with Crippen molar-refractivity contribution in [1.82, 2.24) is 20.8 Å². The van der Waals surface area contributed by atoms with Gasteiger partial charge < -0.3 is 10.6 Å². The van der Waals surface area contributed by atoms with Gasteiger partial charge in [-0.25, -0.2) is 4.79 Å². The van der Waals surface area contributed by atoms with Crippen molar-refractivity contribution in [3.05, 3.63) is 24.0 Å². The number of hydrogen-bond donors (Lipinski definition) is 2. The summed E-state index contributed by atoms with van der Waals surface area (Å²) in [5.41, 5.74) is 0.768. The summed E-state index contributed by atoms with van der Waals surface area (Å²) >= 11 is 0. The van der Waals surface area contributed by atoms with E-state index in [1.54, 1.807) is 12.3 Å². The lowest BCUT2D eigenvalue weighted by molar-refractivity contribution is 0.236. The molecule has 1 fully saturated rings. The summed E-state index contributed by atoms with van der Waals surface area (Å²) in [6, 6.07) is 3.88. The van der Waals surface area contributed by atoms with Crippen molar-refractivity contribution in [2.75, 3.05) is 0 Å². The Bertz CT molecular complexity index is 335. The van der Waals surface area contributed by atoms with Crippen LogP contribution in [0.2, 0.25) is 0 Å². The molecule has 0 bridgehead atoms. The van der Waals surface area contributed by atoms with Crippen molar-refractivity contribution in [2.45, 2.75) is 38.3 Å². The van der Waals surface area contributed by atoms with Crippen molar-refractivity contribution < 1.29 is 4.79 Å². The van der Waals surface area contributed by atoms with Crippen LogP contribution < -0.4 is 10.6 Å². The Morgan fingerprint density at radius 3 is 2.94 bits per heavy atom. The van der Waals surface area contributed by atoms with Gasteiger partial charge in [-0.15, -0.1) is 0 Å². The summed E-state index contributed by atoms with van der Waals surface area (Å²) in [4.78, 5) is 11.5. The van der Waals surface area contributed by atoms with Crippen molar-refractivity contribution in [1.29, 1.82) is 0 Å². The van der Waals surface area contributed by atoms with Gasteiger partial charge in [0, 0.05) is 12.2 Å². The highest BCUT2D eigenvalue weighted by atomic mass is 16.2. The third kappa shape index (κ3) is 3.18. The lowest BCUT2D eigenvalue weighted by atomic mass is 10.2. The van der Waals surface area contributed by atoms with E-state index in [1.165, 1.54) is 12.8 Å². The second-order valence-corrected chi connectivity index (χ2v) is 4.02. The average Bonchev–Trinajstić information content (AvgIpc) is 2.81. The Morgan fingerprint density at radius 2 is 2.25 bits per heavy atom. The number of nitrogens with zero attached hydrogens (tertiary/aromatic N) is 2. The zero-order valence-corrected chi connectivity index (χ0v) is 9.15. The van der Waals surface area contributed by atoms with Crippen LogP contribution in [-0.4, -0.2) is 22.3 Å². The highest BCUT2D eigenvalue weighted by Crippen LogP contribution is 2.17. The van der Waals surface area contributed by atoms with E-state index in [0.717, 1.165) is 18.5 Å². The SMILES string of the molecule is O=C(NCc1cccnn1)NC1CCCC1. The molecule has 1 saturated carbocycles. The fourth-order valence-corrected chi connectivity index (χ4v) is 1.91. The Hall–Kier alpha value is -1.65. The van der Waals surface area contributed by atoms with Gasteiger partial charge in [0.2, 0.25) is 0 Å². The number of carbonyl (C=O) groups is 1. The lowest BCUT2D eigenvalue weighted by Crippen LogP contribution is -2.40. The van der Waals surface area contributed by atoms with Crippen LogP contribution >= 0.6 is 0 Å². The summed E-state index contributed by atoms with van der Waals surface area (Å²) in [6.07, 6.45) is 6.24. The monoisotopic (exact) mass is 220 g/mol. The Morgan fingerprint density at radius 1 is 1.44 bits per heavy atom. The Labute approximate surface area is 94.6 Å². The molecular formula is C11H16N4O. The van der Waals surface area contributed by atoms with Crippen LogP contribution in [0.4, 0.5) is 4.79 Å². The number of carbonyl (C=O) groups excluding carboxylic acids is 1. The summed E-state index contributed by atoms with van der Waals surface area (Å²) in [7, 11) is 0. The molecule has 0 spiro atoms. The standard InChI is InChI=1S/C11H16N4O/c16-11(14-9-4-1-2-5-9)12-8-10-6-3-7-13-15-10/h3,6-7,9H,1-2,4-5,8H2,(H2,12,14,16). The number of rotatable bonds is 3. The van der Waals surface area contributed by atoms with Crippen LogP contribution in [0.25, 0.3) is 0 Å². The first kappa shape index (κ1) is 10.9. The number of nitrogens with one attached hydrogen (secondary N) is 2. The molecule has 1 aromatic heterocycles. The number of urea groups is 1. The van der Waals surface area contributed by atoms with Crippen LogP contribution in [0.15, 0.2) is 18.3 Å². The lowest BCUT2D eigenvalue weighted by Gasteiger charge is -2.12. The summed E-state index contributed by atoms with van der Waals surface area (Å²) in [5.74, 6) is 0. The molecule has 1 aliphatic rings. The first-order valence-corrected chi connectivity index (χ1v) is 5.65. The molecule has 5 nitrogen and oxygen atoms in total. The van der Waals surface area contributed by atoms with E-state index in [0.29, 0.717) is 12.6 Å². The van der Waals surface area contributed by atoms with Gasteiger partial charge >= 0.3 is 6.03 Å². The molecule has 0 aromatic carbocycles. The normalized spacial score (nSPS) is 16.0.